The molecule has 0 saturated carbocycles. The van der Waals surface area contributed by atoms with Crippen LogP contribution in [0.25, 0.3) is 0 Å². The zero-order valence-electron chi connectivity index (χ0n) is 9.04. The first-order chi connectivity index (χ1) is 7.25. The summed E-state index contributed by atoms with van der Waals surface area (Å²) in [7, 11) is 0. The van der Waals surface area contributed by atoms with Crippen LogP contribution in [-0.4, -0.2) is 10.2 Å². The summed E-state index contributed by atoms with van der Waals surface area (Å²) in [5.41, 5.74) is 4.81. The molecule has 1 aromatic heterocycles. The van der Waals surface area contributed by atoms with Gasteiger partial charge in [-0.1, -0.05) is 12.1 Å². The summed E-state index contributed by atoms with van der Waals surface area (Å²) >= 11 is 0. The summed E-state index contributed by atoms with van der Waals surface area (Å²) in [6.45, 7) is 4.99. The van der Waals surface area contributed by atoms with Gasteiger partial charge in [0.15, 0.2) is 0 Å². The molecule has 0 fully saturated rings. The Bertz CT molecular complexity index is 432. The zero-order chi connectivity index (χ0) is 10.7. The van der Waals surface area contributed by atoms with Gasteiger partial charge in [-0.25, -0.2) is 0 Å². The predicted octanol–water partition coefficient (Wildman–Crippen LogP) is 2.64. The van der Waals surface area contributed by atoms with Crippen molar-refractivity contribution in [2.24, 2.45) is 0 Å². The Morgan fingerprint density at radius 2 is 2.13 bits per heavy atom. The molecular weight excluding hydrogens is 186 g/mol. The van der Waals surface area contributed by atoms with Crippen molar-refractivity contribution in [1.29, 1.82) is 0 Å². The number of aryl methyl sites for hydroxylation is 2. The second-order valence-electron chi connectivity index (χ2n) is 3.75. The van der Waals surface area contributed by atoms with Crippen LogP contribution in [0.2, 0.25) is 0 Å². The summed E-state index contributed by atoms with van der Waals surface area (Å²) in [4.78, 5) is 0. The minimum Gasteiger partial charge on any atom is -0.379 e. The van der Waals surface area contributed by atoms with E-state index in [1.165, 1.54) is 16.8 Å². The molecule has 0 radical (unpaired) electrons. The molecule has 0 aliphatic rings. The minimum atomic E-state index is 0.782. The summed E-state index contributed by atoms with van der Waals surface area (Å²) in [6.07, 6.45) is 1.76. The third-order valence-corrected chi connectivity index (χ3v) is 2.42. The topological polar surface area (TPSA) is 40.7 Å². The highest BCUT2D eigenvalue weighted by molar-refractivity contribution is 5.52. The van der Waals surface area contributed by atoms with E-state index < -0.39 is 0 Å². The van der Waals surface area contributed by atoms with Crippen LogP contribution in [0.15, 0.2) is 30.5 Å². The average molecular weight is 201 g/mol. The third kappa shape index (κ3) is 2.37. The number of anilines is 1. The van der Waals surface area contributed by atoms with Crippen molar-refractivity contribution in [1.82, 2.24) is 10.2 Å². The molecule has 3 heteroatoms. The second kappa shape index (κ2) is 4.17. The fourth-order valence-electron chi connectivity index (χ4n) is 1.50. The van der Waals surface area contributed by atoms with E-state index in [2.05, 4.69) is 47.6 Å². The van der Waals surface area contributed by atoms with E-state index in [-0.39, 0.29) is 0 Å². The second-order valence-corrected chi connectivity index (χ2v) is 3.75. The number of hydrogen-bond acceptors (Lipinski definition) is 2. The van der Waals surface area contributed by atoms with Gasteiger partial charge in [-0.2, -0.15) is 5.10 Å². The van der Waals surface area contributed by atoms with Crippen molar-refractivity contribution in [3.05, 3.63) is 47.3 Å². The van der Waals surface area contributed by atoms with Crippen molar-refractivity contribution < 1.29 is 0 Å². The van der Waals surface area contributed by atoms with E-state index in [4.69, 9.17) is 0 Å². The lowest BCUT2D eigenvalue weighted by atomic mass is 10.1. The Morgan fingerprint density at radius 3 is 2.87 bits per heavy atom. The molecule has 0 aliphatic heterocycles. The van der Waals surface area contributed by atoms with Gasteiger partial charge < -0.3 is 5.32 Å². The van der Waals surface area contributed by atoms with Crippen molar-refractivity contribution in [3.8, 4) is 0 Å². The lowest BCUT2D eigenvalue weighted by Crippen LogP contribution is -2.01. The molecule has 0 unspecified atom stereocenters. The van der Waals surface area contributed by atoms with Gasteiger partial charge in [0.2, 0.25) is 0 Å². The van der Waals surface area contributed by atoms with Crippen LogP contribution < -0.4 is 5.32 Å². The largest absolute Gasteiger partial charge is 0.379 e. The van der Waals surface area contributed by atoms with Crippen LogP contribution in [0.1, 0.15) is 16.8 Å². The van der Waals surface area contributed by atoms with Crippen molar-refractivity contribution in [3.63, 3.8) is 0 Å². The van der Waals surface area contributed by atoms with Crippen LogP contribution >= 0.6 is 0 Å². The number of nitrogens with zero attached hydrogens (tertiary/aromatic N) is 1. The molecule has 2 N–H and O–H groups in total. The van der Waals surface area contributed by atoms with Gasteiger partial charge in [0.25, 0.3) is 0 Å². The van der Waals surface area contributed by atoms with Crippen LogP contribution in [0.3, 0.4) is 0 Å². The van der Waals surface area contributed by atoms with Gasteiger partial charge >= 0.3 is 0 Å². The third-order valence-electron chi connectivity index (χ3n) is 2.42. The highest BCUT2D eigenvalue weighted by Gasteiger charge is 1.98. The Hall–Kier alpha value is -1.77. The van der Waals surface area contributed by atoms with E-state index in [1.54, 1.807) is 6.20 Å². The minimum absolute atomic E-state index is 0.782. The molecule has 0 bridgehead atoms. The molecule has 2 rings (SSSR count). The number of benzene rings is 1. The summed E-state index contributed by atoms with van der Waals surface area (Å²) < 4.78 is 0. The van der Waals surface area contributed by atoms with Gasteiger partial charge in [-0.05, 0) is 37.1 Å². The van der Waals surface area contributed by atoms with E-state index in [0.717, 1.165) is 12.2 Å². The first-order valence-electron chi connectivity index (χ1n) is 5.05. The van der Waals surface area contributed by atoms with Crippen LogP contribution in [0, 0.1) is 13.8 Å². The van der Waals surface area contributed by atoms with Gasteiger partial charge in [-0.3, -0.25) is 5.10 Å². The first-order valence-corrected chi connectivity index (χ1v) is 5.05. The standard InChI is InChI=1S/C12H15N3/c1-9-3-4-10(2)12(7-9)13-8-11-5-6-14-15-11/h3-7,13H,8H2,1-2H3,(H,14,15). The molecule has 1 aromatic carbocycles. The van der Waals surface area contributed by atoms with Crippen LogP contribution in [-0.2, 0) is 6.54 Å². The Labute approximate surface area is 89.5 Å². The summed E-state index contributed by atoms with van der Waals surface area (Å²) in [5.74, 6) is 0. The van der Waals surface area contributed by atoms with Gasteiger partial charge in [0.05, 0.1) is 12.2 Å². The molecular formula is C12H15N3. The molecule has 0 saturated heterocycles. The number of aromatic nitrogens is 2. The van der Waals surface area contributed by atoms with E-state index in [0.29, 0.717) is 0 Å². The normalized spacial score (nSPS) is 10.3. The highest BCUT2D eigenvalue weighted by Crippen LogP contribution is 2.16. The van der Waals surface area contributed by atoms with Crippen molar-refractivity contribution in [2.45, 2.75) is 20.4 Å². The fourth-order valence-corrected chi connectivity index (χ4v) is 1.50. The smallest absolute Gasteiger partial charge is 0.0567 e. The maximum Gasteiger partial charge on any atom is 0.0567 e. The van der Waals surface area contributed by atoms with Gasteiger partial charge in [0, 0.05) is 11.9 Å². The predicted molar refractivity (Wildman–Crippen MR) is 61.8 cm³/mol. The Kier molecular flexibility index (Phi) is 2.72. The van der Waals surface area contributed by atoms with E-state index in [1.807, 2.05) is 6.07 Å². The molecule has 3 nitrogen and oxygen atoms in total. The average Bonchev–Trinajstić information content (AvgIpc) is 2.72. The summed E-state index contributed by atoms with van der Waals surface area (Å²) in [6, 6.07) is 8.38. The van der Waals surface area contributed by atoms with E-state index in [9.17, 15) is 0 Å². The number of rotatable bonds is 3. The Balaban J connectivity index is 2.07. The molecule has 2 aromatic rings. The number of aromatic amines is 1. The number of nitrogens with one attached hydrogen (secondary N) is 2. The molecule has 15 heavy (non-hydrogen) atoms. The lowest BCUT2D eigenvalue weighted by molar-refractivity contribution is 0.980. The maximum absolute atomic E-state index is 3.91. The molecule has 0 atom stereocenters. The maximum atomic E-state index is 3.91. The van der Waals surface area contributed by atoms with Crippen molar-refractivity contribution >= 4 is 5.69 Å². The zero-order valence-corrected chi connectivity index (χ0v) is 9.04. The quantitative estimate of drug-likeness (QED) is 0.801. The summed E-state index contributed by atoms with van der Waals surface area (Å²) in [5, 5.41) is 10.2. The molecule has 0 amide bonds. The van der Waals surface area contributed by atoms with Crippen LogP contribution in [0.4, 0.5) is 5.69 Å². The monoisotopic (exact) mass is 201 g/mol. The fraction of sp³-hybridized carbons (Fsp3) is 0.250. The molecule has 1 heterocycles. The molecule has 78 valence electrons. The van der Waals surface area contributed by atoms with Gasteiger partial charge in [0.1, 0.15) is 0 Å². The Morgan fingerprint density at radius 1 is 1.27 bits per heavy atom. The van der Waals surface area contributed by atoms with Crippen LogP contribution in [0.5, 0.6) is 0 Å². The van der Waals surface area contributed by atoms with Crippen molar-refractivity contribution in [2.75, 3.05) is 5.32 Å². The number of H-pyrrole nitrogens is 1. The van der Waals surface area contributed by atoms with E-state index >= 15 is 0 Å². The molecule has 0 aliphatic carbocycles. The number of hydrogen-bond donors (Lipinski definition) is 2. The highest BCUT2D eigenvalue weighted by atomic mass is 15.1. The van der Waals surface area contributed by atoms with Gasteiger partial charge in [-0.15, -0.1) is 0 Å². The molecule has 0 spiro atoms. The first kappa shape index (κ1) is 9.77. The SMILES string of the molecule is Cc1ccc(C)c(NCc2ccn[nH]2)c1. The lowest BCUT2D eigenvalue weighted by Gasteiger charge is -2.09.